The Labute approximate surface area is 120 Å². The van der Waals surface area contributed by atoms with Crippen molar-refractivity contribution in [3.63, 3.8) is 0 Å². The molecule has 0 aliphatic heterocycles. The Bertz CT molecular complexity index is 912. The van der Waals surface area contributed by atoms with Crippen LogP contribution in [0.25, 0.3) is 16.8 Å². The van der Waals surface area contributed by atoms with E-state index in [4.69, 9.17) is 12.2 Å². The van der Waals surface area contributed by atoms with Crippen LogP contribution in [0.3, 0.4) is 0 Å². The van der Waals surface area contributed by atoms with Crippen LogP contribution in [0.5, 0.6) is 0 Å². The first-order valence-corrected chi connectivity index (χ1v) is 7.04. The molecule has 0 fully saturated rings. The Morgan fingerprint density at radius 3 is 2.70 bits per heavy atom. The fraction of sp³-hybridized carbons (Fsp3) is 0.500. The number of aryl methyl sites for hydroxylation is 3. The summed E-state index contributed by atoms with van der Waals surface area (Å²) >= 11 is 5.36. The molecule has 0 amide bonds. The van der Waals surface area contributed by atoms with E-state index in [2.05, 4.69) is 10.1 Å². The van der Waals surface area contributed by atoms with Crippen LogP contribution in [0.2, 0.25) is 0 Å². The summed E-state index contributed by atoms with van der Waals surface area (Å²) in [6, 6.07) is 0. The van der Waals surface area contributed by atoms with Gasteiger partial charge in [-0.3, -0.25) is 4.57 Å². The Morgan fingerprint density at radius 1 is 1.30 bits per heavy atom. The van der Waals surface area contributed by atoms with Crippen molar-refractivity contribution >= 4 is 29.0 Å². The molecule has 0 aliphatic rings. The molecular weight excluding hydrogens is 276 g/mol. The third-order valence-electron chi connectivity index (χ3n) is 3.39. The first kappa shape index (κ1) is 13.0. The number of imidazole rings is 1. The molecule has 3 heterocycles. The van der Waals surface area contributed by atoms with Gasteiger partial charge in [-0.25, -0.2) is 18.9 Å². The molecule has 0 bridgehead atoms. The van der Waals surface area contributed by atoms with Gasteiger partial charge in [-0.15, -0.1) is 5.10 Å². The highest BCUT2D eigenvalue weighted by molar-refractivity contribution is 7.71. The van der Waals surface area contributed by atoms with E-state index < -0.39 is 0 Å². The van der Waals surface area contributed by atoms with E-state index in [1.165, 1.54) is 4.40 Å². The molecule has 20 heavy (non-hydrogen) atoms. The summed E-state index contributed by atoms with van der Waals surface area (Å²) in [7, 11) is 1.89. The largest absolute Gasteiger partial charge is 0.338 e. The van der Waals surface area contributed by atoms with Gasteiger partial charge in [-0.2, -0.15) is 0 Å². The summed E-state index contributed by atoms with van der Waals surface area (Å²) in [6.07, 6.45) is 2.55. The fourth-order valence-electron chi connectivity index (χ4n) is 2.45. The van der Waals surface area contributed by atoms with Crippen molar-refractivity contribution in [2.45, 2.75) is 33.4 Å². The number of rotatable bonds is 3. The van der Waals surface area contributed by atoms with E-state index in [-0.39, 0.29) is 5.69 Å². The van der Waals surface area contributed by atoms with E-state index in [0.717, 1.165) is 11.9 Å². The van der Waals surface area contributed by atoms with Crippen molar-refractivity contribution in [3.05, 3.63) is 21.6 Å². The van der Waals surface area contributed by atoms with Crippen LogP contribution in [0.4, 0.5) is 0 Å². The van der Waals surface area contributed by atoms with Gasteiger partial charge in [0, 0.05) is 20.1 Å². The average Bonchev–Trinajstić information content (AvgIpc) is 2.96. The molecule has 0 N–H and O–H groups in total. The Kier molecular flexibility index (Phi) is 2.97. The van der Waals surface area contributed by atoms with Crippen LogP contribution in [0.1, 0.15) is 20.3 Å². The van der Waals surface area contributed by atoms with Crippen molar-refractivity contribution in [1.82, 2.24) is 28.3 Å². The summed E-state index contributed by atoms with van der Waals surface area (Å²) in [6.45, 7) is 5.22. The number of hydrogen-bond donors (Lipinski definition) is 0. The summed E-state index contributed by atoms with van der Waals surface area (Å²) < 4.78 is 7.13. The lowest BCUT2D eigenvalue weighted by Crippen LogP contribution is -2.27. The SMILES string of the molecule is CCCn1c(=O)n2c(=S)n(CC)nc2c2c1ncn2C. The topological polar surface area (TPSA) is 62.1 Å². The second-order valence-electron chi connectivity index (χ2n) is 4.72. The molecule has 106 valence electrons. The molecule has 0 aliphatic carbocycles. The number of aromatic nitrogens is 6. The lowest BCUT2D eigenvalue weighted by Gasteiger charge is -2.06. The fourth-order valence-corrected chi connectivity index (χ4v) is 2.78. The van der Waals surface area contributed by atoms with Crippen molar-refractivity contribution in [1.29, 1.82) is 0 Å². The van der Waals surface area contributed by atoms with Crippen LogP contribution in [0, 0.1) is 4.77 Å². The zero-order valence-corrected chi connectivity index (χ0v) is 12.5. The molecule has 3 aromatic heterocycles. The maximum atomic E-state index is 12.6. The van der Waals surface area contributed by atoms with Gasteiger partial charge in [-0.1, -0.05) is 6.92 Å². The van der Waals surface area contributed by atoms with Gasteiger partial charge in [0.2, 0.25) is 4.77 Å². The second-order valence-corrected chi connectivity index (χ2v) is 5.08. The van der Waals surface area contributed by atoms with E-state index in [0.29, 0.717) is 29.2 Å². The summed E-state index contributed by atoms with van der Waals surface area (Å²) in [5.41, 5.74) is 1.90. The van der Waals surface area contributed by atoms with Crippen LogP contribution >= 0.6 is 12.2 Å². The van der Waals surface area contributed by atoms with E-state index >= 15 is 0 Å². The lowest BCUT2D eigenvalue weighted by atomic mass is 10.4. The minimum absolute atomic E-state index is 0.169. The van der Waals surface area contributed by atoms with Gasteiger partial charge >= 0.3 is 5.69 Å². The first-order valence-electron chi connectivity index (χ1n) is 6.63. The molecule has 0 saturated heterocycles. The van der Waals surface area contributed by atoms with Crippen molar-refractivity contribution in [2.75, 3.05) is 0 Å². The van der Waals surface area contributed by atoms with Gasteiger partial charge in [0.25, 0.3) is 0 Å². The lowest BCUT2D eigenvalue weighted by molar-refractivity contribution is 0.630. The highest BCUT2D eigenvalue weighted by atomic mass is 32.1. The summed E-state index contributed by atoms with van der Waals surface area (Å²) in [5, 5.41) is 4.46. The predicted octanol–water partition coefficient (Wildman–Crippen LogP) is 1.34. The van der Waals surface area contributed by atoms with Gasteiger partial charge in [0.15, 0.2) is 11.3 Å². The molecule has 0 unspecified atom stereocenters. The van der Waals surface area contributed by atoms with E-state index in [1.807, 2.05) is 25.5 Å². The minimum atomic E-state index is -0.169. The average molecular weight is 292 g/mol. The maximum absolute atomic E-state index is 12.6. The first-order chi connectivity index (χ1) is 9.60. The molecule has 0 aromatic carbocycles. The third kappa shape index (κ3) is 1.57. The van der Waals surface area contributed by atoms with Crippen molar-refractivity contribution < 1.29 is 0 Å². The Morgan fingerprint density at radius 2 is 2.05 bits per heavy atom. The Hall–Kier alpha value is -1.96. The zero-order chi connectivity index (χ0) is 14.4. The zero-order valence-electron chi connectivity index (χ0n) is 11.7. The molecule has 3 rings (SSSR count). The maximum Gasteiger partial charge on any atom is 0.338 e. The third-order valence-corrected chi connectivity index (χ3v) is 3.79. The Balaban J connectivity index is 2.62. The molecular formula is C12H16N6OS. The van der Waals surface area contributed by atoms with Gasteiger partial charge in [-0.05, 0) is 25.6 Å². The smallest absolute Gasteiger partial charge is 0.329 e. The van der Waals surface area contributed by atoms with Crippen LogP contribution < -0.4 is 5.69 Å². The second kappa shape index (κ2) is 4.55. The molecule has 3 aromatic rings. The molecule has 0 saturated carbocycles. The van der Waals surface area contributed by atoms with Gasteiger partial charge < -0.3 is 4.57 Å². The van der Waals surface area contributed by atoms with Gasteiger partial charge in [0.1, 0.15) is 5.52 Å². The number of nitrogens with zero attached hydrogens (tertiary/aromatic N) is 6. The molecule has 0 spiro atoms. The van der Waals surface area contributed by atoms with E-state index in [1.54, 1.807) is 15.6 Å². The summed E-state index contributed by atoms with van der Waals surface area (Å²) in [5.74, 6) is 0. The van der Waals surface area contributed by atoms with Crippen LogP contribution in [-0.4, -0.2) is 28.3 Å². The van der Waals surface area contributed by atoms with Gasteiger partial charge in [0.05, 0.1) is 6.33 Å². The molecule has 0 radical (unpaired) electrons. The minimum Gasteiger partial charge on any atom is -0.329 e. The van der Waals surface area contributed by atoms with Crippen LogP contribution in [-0.2, 0) is 20.1 Å². The molecule has 0 atom stereocenters. The predicted molar refractivity (Wildman–Crippen MR) is 78.5 cm³/mol. The summed E-state index contributed by atoms with van der Waals surface area (Å²) in [4.78, 5) is 17.0. The monoisotopic (exact) mass is 292 g/mol. The van der Waals surface area contributed by atoms with Crippen LogP contribution in [0.15, 0.2) is 11.1 Å². The van der Waals surface area contributed by atoms with Crippen molar-refractivity contribution in [2.24, 2.45) is 7.05 Å². The number of fused-ring (bicyclic) bond motifs is 3. The van der Waals surface area contributed by atoms with Crippen molar-refractivity contribution in [3.8, 4) is 0 Å². The molecule has 8 heteroatoms. The number of hydrogen-bond acceptors (Lipinski definition) is 4. The quantitative estimate of drug-likeness (QED) is 0.684. The molecule has 7 nitrogen and oxygen atoms in total. The highest BCUT2D eigenvalue weighted by Crippen LogP contribution is 2.16. The standard InChI is InChI=1S/C12H16N6OS/c1-4-6-16-9-8(15(3)7-13-9)10-14-17(5-2)12(20)18(10)11(16)19/h7H,4-6H2,1-3H3. The highest BCUT2D eigenvalue weighted by Gasteiger charge is 2.17. The van der Waals surface area contributed by atoms with E-state index in [9.17, 15) is 4.79 Å². The normalized spacial score (nSPS) is 11.8.